The molecule has 1 aliphatic rings. The molecule has 2 aromatic carbocycles. The lowest BCUT2D eigenvalue weighted by Gasteiger charge is -2.19. The van der Waals surface area contributed by atoms with Gasteiger partial charge in [0.05, 0.1) is 26.3 Å². The molecule has 1 saturated carbocycles. The minimum Gasteiger partial charge on any atom is -0.497 e. The van der Waals surface area contributed by atoms with Crippen LogP contribution in [0.4, 0.5) is 5.69 Å². The van der Waals surface area contributed by atoms with Gasteiger partial charge in [-0.25, -0.2) is 4.79 Å². The molecule has 0 bridgehead atoms. The summed E-state index contributed by atoms with van der Waals surface area (Å²) in [5.74, 6) is 0.891. The molecule has 0 heterocycles. The summed E-state index contributed by atoms with van der Waals surface area (Å²) in [6.45, 7) is 2.32. The number of esters is 1. The van der Waals surface area contributed by atoms with Crippen LogP contribution in [0.1, 0.15) is 36.9 Å². The first-order chi connectivity index (χ1) is 14.6. The smallest absolute Gasteiger partial charge is 0.330 e. The molecule has 1 fully saturated rings. The van der Waals surface area contributed by atoms with E-state index >= 15 is 0 Å². The average Bonchev–Trinajstić information content (AvgIpc) is 3.61. The van der Waals surface area contributed by atoms with Gasteiger partial charge in [-0.2, -0.15) is 0 Å². The number of nitrogens with one attached hydrogen (secondary N) is 2. The summed E-state index contributed by atoms with van der Waals surface area (Å²) in [6, 6.07) is 15.4. The van der Waals surface area contributed by atoms with E-state index in [4.69, 9.17) is 9.47 Å². The highest BCUT2D eigenvalue weighted by Gasteiger charge is 2.33. The van der Waals surface area contributed by atoms with Crippen LogP contribution in [0.2, 0.25) is 0 Å². The van der Waals surface area contributed by atoms with Gasteiger partial charge in [0.2, 0.25) is 5.91 Å². The quantitative estimate of drug-likeness (QED) is 0.460. The SMILES string of the molecule is CCOC(=O)/C=C/c1ccc(NCC(=O)NC(c2ccc(OC)cc2)C2CC2)cc1. The molecule has 30 heavy (non-hydrogen) atoms. The Hall–Kier alpha value is -3.28. The molecule has 0 aliphatic heterocycles. The molecule has 2 N–H and O–H groups in total. The second kappa shape index (κ2) is 10.5. The van der Waals surface area contributed by atoms with Crippen LogP contribution in [0.5, 0.6) is 5.75 Å². The van der Waals surface area contributed by atoms with Crippen LogP contribution < -0.4 is 15.4 Å². The molecule has 2 aromatic rings. The van der Waals surface area contributed by atoms with Crippen molar-refractivity contribution in [2.45, 2.75) is 25.8 Å². The number of benzene rings is 2. The maximum atomic E-state index is 12.5. The number of hydrogen-bond acceptors (Lipinski definition) is 5. The Labute approximate surface area is 177 Å². The predicted molar refractivity (Wildman–Crippen MR) is 117 cm³/mol. The van der Waals surface area contributed by atoms with Gasteiger partial charge in [0.15, 0.2) is 0 Å². The molecule has 6 nitrogen and oxygen atoms in total. The number of anilines is 1. The lowest BCUT2D eigenvalue weighted by molar-refractivity contribution is -0.137. The summed E-state index contributed by atoms with van der Waals surface area (Å²) in [4.78, 5) is 23.9. The fourth-order valence-corrected chi connectivity index (χ4v) is 3.19. The van der Waals surface area contributed by atoms with Crippen molar-refractivity contribution < 1.29 is 19.1 Å². The topological polar surface area (TPSA) is 76.7 Å². The predicted octanol–water partition coefficient (Wildman–Crippen LogP) is 3.95. The van der Waals surface area contributed by atoms with Gasteiger partial charge in [0, 0.05) is 11.8 Å². The van der Waals surface area contributed by atoms with Crippen LogP contribution in [0.3, 0.4) is 0 Å². The molecule has 1 unspecified atom stereocenters. The number of carbonyl (C=O) groups excluding carboxylic acids is 2. The highest BCUT2D eigenvalue weighted by atomic mass is 16.5. The van der Waals surface area contributed by atoms with Gasteiger partial charge in [-0.15, -0.1) is 0 Å². The standard InChI is InChI=1S/C24H28N2O4/c1-3-30-23(28)15-6-17-4-11-20(12-5-17)25-16-22(27)26-24(18-7-8-18)19-9-13-21(29-2)14-10-19/h4-6,9-15,18,24-25H,3,7-8,16H2,1-2H3,(H,26,27)/b15-6+. The van der Waals surface area contributed by atoms with Crippen molar-refractivity contribution in [3.63, 3.8) is 0 Å². The van der Waals surface area contributed by atoms with Crippen molar-refractivity contribution in [2.24, 2.45) is 5.92 Å². The maximum absolute atomic E-state index is 12.5. The van der Waals surface area contributed by atoms with E-state index in [1.807, 2.05) is 48.5 Å². The Bertz CT molecular complexity index is 871. The zero-order valence-electron chi connectivity index (χ0n) is 17.4. The third kappa shape index (κ3) is 6.37. The molecule has 6 heteroatoms. The van der Waals surface area contributed by atoms with E-state index in [2.05, 4.69) is 10.6 Å². The molecular formula is C24H28N2O4. The summed E-state index contributed by atoms with van der Waals surface area (Å²) in [7, 11) is 1.64. The summed E-state index contributed by atoms with van der Waals surface area (Å²) >= 11 is 0. The first-order valence-electron chi connectivity index (χ1n) is 10.2. The van der Waals surface area contributed by atoms with E-state index in [0.717, 1.165) is 35.4 Å². The van der Waals surface area contributed by atoms with E-state index in [9.17, 15) is 9.59 Å². The van der Waals surface area contributed by atoms with Gasteiger partial charge in [0.25, 0.3) is 0 Å². The Morgan fingerprint density at radius 3 is 2.40 bits per heavy atom. The van der Waals surface area contributed by atoms with Crippen LogP contribution in [-0.2, 0) is 14.3 Å². The Morgan fingerprint density at radius 2 is 1.80 bits per heavy atom. The lowest BCUT2D eigenvalue weighted by Crippen LogP contribution is -2.34. The number of methoxy groups -OCH3 is 1. The van der Waals surface area contributed by atoms with E-state index in [1.165, 1.54) is 6.08 Å². The van der Waals surface area contributed by atoms with Crippen LogP contribution in [0, 0.1) is 5.92 Å². The van der Waals surface area contributed by atoms with Crippen molar-refractivity contribution in [1.29, 1.82) is 0 Å². The highest BCUT2D eigenvalue weighted by Crippen LogP contribution is 2.41. The van der Waals surface area contributed by atoms with Gasteiger partial charge in [-0.3, -0.25) is 4.79 Å². The van der Waals surface area contributed by atoms with Crippen molar-refractivity contribution in [1.82, 2.24) is 5.32 Å². The average molecular weight is 408 g/mol. The van der Waals surface area contributed by atoms with E-state index < -0.39 is 0 Å². The Kier molecular flexibility index (Phi) is 7.49. The maximum Gasteiger partial charge on any atom is 0.330 e. The minimum atomic E-state index is -0.363. The van der Waals surface area contributed by atoms with Crippen molar-refractivity contribution in [3.8, 4) is 5.75 Å². The fraction of sp³-hybridized carbons (Fsp3) is 0.333. The molecule has 0 radical (unpaired) electrons. The van der Waals surface area contributed by atoms with E-state index in [0.29, 0.717) is 12.5 Å². The molecule has 0 saturated heterocycles. The molecule has 0 spiro atoms. The second-order valence-electron chi connectivity index (χ2n) is 7.22. The van der Waals surface area contributed by atoms with Crippen LogP contribution in [0.15, 0.2) is 54.6 Å². The van der Waals surface area contributed by atoms with Crippen LogP contribution >= 0.6 is 0 Å². The Balaban J connectivity index is 1.51. The van der Waals surface area contributed by atoms with Gasteiger partial charge in [0.1, 0.15) is 5.75 Å². The molecule has 1 atom stereocenters. The fourth-order valence-electron chi connectivity index (χ4n) is 3.19. The summed E-state index contributed by atoms with van der Waals surface area (Å²) in [6.07, 6.45) is 5.36. The minimum absolute atomic E-state index is 0.0283. The van der Waals surface area contributed by atoms with Crippen molar-refractivity contribution >= 4 is 23.6 Å². The third-order valence-corrected chi connectivity index (χ3v) is 4.95. The zero-order valence-corrected chi connectivity index (χ0v) is 17.4. The van der Waals surface area contributed by atoms with Crippen molar-refractivity contribution in [2.75, 3.05) is 25.6 Å². The first kappa shape index (κ1) is 21.4. The molecule has 1 amide bonds. The summed E-state index contributed by atoms with van der Waals surface area (Å²) < 4.78 is 10.1. The molecule has 0 aromatic heterocycles. The van der Waals surface area contributed by atoms with Gasteiger partial charge in [-0.1, -0.05) is 24.3 Å². The van der Waals surface area contributed by atoms with Gasteiger partial charge < -0.3 is 20.1 Å². The summed E-state index contributed by atoms with van der Waals surface area (Å²) in [5.41, 5.74) is 2.82. The van der Waals surface area contributed by atoms with Crippen molar-refractivity contribution in [3.05, 3.63) is 65.7 Å². The number of amides is 1. The lowest BCUT2D eigenvalue weighted by atomic mass is 10.0. The second-order valence-corrected chi connectivity index (χ2v) is 7.22. The normalized spacial score (nSPS) is 14.2. The zero-order chi connectivity index (χ0) is 21.3. The third-order valence-electron chi connectivity index (χ3n) is 4.95. The summed E-state index contributed by atoms with van der Waals surface area (Å²) in [5, 5.41) is 6.30. The molecule has 3 rings (SSSR count). The molecular weight excluding hydrogens is 380 g/mol. The molecule has 158 valence electrons. The Morgan fingerprint density at radius 1 is 1.10 bits per heavy atom. The first-order valence-corrected chi connectivity index (χ1v) is 10.2. The van der Waals surface area contributed by atoms with E-state index in [-0.39, 0.29) is 24.5 Å². The highest BCUT2D eigenvalue weighted by molar-refractivity contribution is 5.87. The number of carbonyl (C=O) groups is 2. The number of hydrogen-bond donors (Lipinski definition) is 2. The largest absolute Gasteiger partial charge is 0.497 e. The molecule has 1 aliphatic carbocycles. The monoisotopic (exact) mass is 408 g/mol. The van der Waals surface area contributed by atoms with Crippen LogP contribution in [-0.4, -0.2) is 32.1 Å². The van der Waals surface area contributed by atoms with E-state index in [1.54, 1.807) is 20.1 Å². The van der Waals surface area contributed by atoms with Gasteiger partial charge >= 0.3 is 5.97 Å². The number of ether oxygens (including phenoxy) is 2. The number of rotatable bonds is 10. The van der Waals surface area contributed by atoms with Crippen LogP contribution in [0.25, 0.3) is 6.08 Å². The van der Waals surface area contributed by atoms with Gasteiger partial charge in [-0.05, 0) is 67.2 Å².